The van der Waals surface area contributed by atoms with E-state index in [1.54, 1.807) is 20.8 Å². The van der Waals surface area contributed by atoms with Gasteiger partial charge >= 0.3 is 99.3 Å². The van der Waals surface area contributed by atoms with Crippen molar-refractivity contribution >= 4 is 37.8 Å². The molecule has 0 saturated carbocycles. The predicted octanol–water partition coefficient (Wildman–Crippen LogP) is 0.179. The van der Waals surface area contributed by atoms with Gasteiger partial charge in [-0.3, -0.25) is 0 Å². The number of ether oxygens (including phenoxy) is 2. The second-order valence-corrected chi connectivity index (χ2v) is 5.85. The van der Waals surface area contributed by atoms with Gasteiger partial charge in [-0.2, -0.15) is 0 Å². The minimum atomic E-state index is -0.595. The molecule has 6 heteroatoms. The summed E-state index contributed by atoms with van der Waals surface area (Å²) in [6, 6.07) is 0. The molecule has 1 N–H and O–H groups in total. The maximum absolute atomic E-state index is 11.2. The third-order valence-electron chi connectivity index (χ3n) is 1.10. The zero-order valence-corrected chi connectivity index (χ0v) is 12.6. The Morgan fingerprint density at radius 2 is 1.86 bits per heavy atom. The molecule has 0 aliphatic heterocycles. The van der Waals surface area contributed by atoms with E-state index in [-0.39, 0.29) is 0 Å². The van der Waals surface area contributed by atoms with Gasteiger partial charge in [0.25, 0.3) is 0 Å². The number of nitrogens with one attached hydrogen (secondary N) is 1. The molecule has 14 heavy (non-hydrogen) atoms. The van der Waals surface area contributed by atoms with Crippen LogP contribution in [-0.2, 0) is 14.3 Å². The van der Waals surface area contributed by atoms with Crippen LogP contribution in [0, 0.1) is 0 Å². The third-order valence-corrected chi connectivity index (χ3v) is 2.58. The van der Waals surface area contributed by atoms with Gasteiger partial charge in [-0.05, 0) is 0 Å². The van der Waals surface area contributed by atoms with Gasteiger partial charge in [0.15, 0.2) is 0 Å². The molecule has 0 saturated heterocycles. The number of hydrogen-bond donors (Lipinski definition) is 1. The number of carbonyl (C=O) groups excluding carboxylic acids is 2. The summed E-state index contributed by atoms with van der Waals surface area (Å²) in [7, 11) is 1.28. The van der Waals surface area contributed by atoms with Crippen LogP contribution >= 0.6 is 0 Å². The van der Waals surface area contributed by atoms with E-state index in [0.717, 1.165) is 0 Å². The molecule has 0 spiro atoms. The van der Waals surface area contributed by atoms with Gasteiger partial charge in [-0.25, -0.2) is 0 Å². The second-order valence-electron chi connectivity index (χ2n) is 3.60. The zero-order valence-electron chi connectivity index (χ0n) is 8.71. The average molecular weight is 395 g/mol. The molecular weight excluding hydrogens is 381 g/mol. The van der Waals surface area contributed by atoms with Gasteiger partial charge in [0, 0.05) is 0 Å². The fourth-order valence-corrected chi connectivity index (χ4v) is 1.52. The van der Waals surface area contributed by atoms with E-state index in [0.29, 0.717) is 25.8 Å². The monoisotopic (exact) mass is 396 g/mol. The topological polar surface area (TPSA) is 64.6 Å². The van der Waals surface area contributed by atoms with E-state index in [2.05, 4.69) is 10.1 Å². The normalized spacial score (nSPS) is 12.9. The molecule has 0 aromatic rings. The van der Waals surface area contributed by atoms with Crippen LogP contribution in [0.4, 0.5) is 4.79 Å². The van der Waals surface area contributed by atoms with Crippen LogP contribution in [0.15, 0.2) is 0 Å². The molecule has 1 unspecified atom stereocenters. The van der Waals surface area contributed by atoms with Gasteiger partial charge in [0.1, 0.15) is 0 Å². The quantitative estimate of drug-likeness (QED) is 0.535. The summed E-state index contributed by atoms with van der Waals surface area (Å²) in [6.07, 6.45) is -0.595. The second kappa shape index (κ2) is 5.52. The fraction of sp³-hybridized carbons (Fsp3) is 0.750. The third kappa shape index (κ3) is 6.17. The Morgan fingerprint density at radius 1 is 1.36 bits per heavy atom. The molecule has 3 radical (unpaired) electrons. The van der Waals surface area contributed by atoms with Crippen molar-refractivity contribution in [2.24, 2.45) is 0 Å². The van der Waals surface area contributed by atoms with Crippen molar-refractivity contribution in [3.05, 3.63) is 0 Å². The molecule has 5 nitrogen and oxygen atoms in total. The molecule has 0 aliphatic carbocycles. The summed E-state index contributed by atoms with van der Waals surface area (Å²) in [5.74, 6) is -0.442. The molecule has 1 amide bonds. The van der Waals surface area contributed by atoms with E-state index >= 15 is 0 Å². The van der Waals surface area contributed by atoms with Crippen LogP contribution in [0.25, 0.3) is 0 Å². The Kier molecular flexibility index (Phi) is 5.39. The molecular formula is C8H14NO4Pb. The molecule has 0 aromatic heterocycles. The number of amides is 1. The van der Waals surface area contributed by atoms with E-state index in [4.69, 9.17) is 4.74 Å². The first-order valence-corrected chi connectivity index (χ1v) is 6.29. The van der Waals surface area contributed by atoms with Crippen LogP contribution in [0.2, 0.25) is 0 Å². The van der Waals surface area contributed by atoms with E-state index in [1.165, 1.54) is 7.11 Å². The van der Waals surface area contributed by atoms with Crippen molar-refractivity contribution < 1.29 is 19.1 Å². The molecule has 1 atom stereocenters. The van der Waals surface area contributed by atoms with Crippen LogP contribution in [-0.4, -0.2) is 54.1 Å². The van der Waals surface area contributed by atoms with Crippen molar-refractivity contribution in [3.63, 3.8) is 0 Å². The minimum absolute atomic E-state index is 0.442. The summed E-state index contributed by atoms with van der Waals surface area (Å²) in [4.78, 5) is 22.1. The Bertz CT molecular complexity index is 224. The van der Waals surface area contributed by atoms with Gasteiger partial charge in [0.2, 0.25) is 0 Å². The Morgan fingerprint density at radius 3 is 2.21 bits per heavy atom. The molecule has 0 heterocycles. The van der Waals surface area contributed by atoms with E-state index in [1.807, 2.05) is 0 Å². The Balaban J connectivity index is 4.01. The number of esters is 1. The standard InChI is InChI=1S/C8H14NO4.Pb/c1-8(2,3)13-7(11)9-5-6(10)12-4;/h5H,1-4H3,(H,9,11);. The molecule has 0 aliphatic rings. The molecule has 0 bridgehead atoms. The first-order valence-electron chi connectivity index (χ1n) is 4.04. The summed E-state index contributed by atoms with van der Waals surface area (Å²) in [5, 5.41) is 2.41. The average Bonchev–Trinajstić information content (AvgIpc) is 1.99. The van der Waals surface area contributed by atoms with Crippen molar-refractivity contribution in [2.45, 2.75) is 30.0 Å². The summed E-state index contributed by atoms with van der Waals surface area (Å²) in [5.41, 5.74) is -0.554. The summed E-state index contributed by atoms with van der Waals surface area (Å²) >= 11 is 0.485. The predicted molar refractivity (Wildman–Crippen MR) is 50.9 cm³/mol. The Hall–Kier alpha value is -0.338. The van der Waals surface area contributed by atoms with Crippen LogP contribution in [0.1, 0.15) is 20.8 Å². The number of methoxy groups -OCH3 is 1. The van der Waals surface area contributed by atoms with Crippen molar-refractivity contribution in [2.75, 3.05) is 7.11 Å². The zero-order chi connectivity index (χ0) is 11.4. The molecule has 0 aromatic carbocycles. The number of alkyl carbamates (subject to hydrolysis) is 1. The molecule has 79 valence electrons. The number of rotatable bonds is 2. The molecule has 0 fully saturated rings. The van der Waals surface area contributed by atoms with Gasteiger partial charge in [0.05, 0.1) is 0 Å². The van der Waals surface area contributed by atoms with Gasteiger partial charge < -0.3 is 0 Å². The van der Waals surface area contributed by atoms with Crippen LogP contribution in [0.5, 0.6) is 0 Å². The van der Waals surface area contributed by atoms with Crippen molar-refractivity contribution in [3.8, 4) is 0 Å². The van der Waals surface area contributed by atoms with Crippen molar-refractivity contribution in [1.82, 2.24) is 5.32 Å². The van der Waals surface area contributed by atoms with Crippen LogP contribution < -0.4 is 5.32 Å². The van der Waals surface area contributed by atoms with E-state index < -0.39 is 21.3 Å². The summed E-state index contributed by atoms with van der Waals surface area (Å²) in [6.45, 7) is 5.27. The van der Waals surface area contributed by atoms with Crippen LogP contribution in [0.3, 0.4) is 0 Å². The fourth-order valence-electron chi connectivity index (χ4n) is 0.602. The Labute approximate surface area is 99.2 Å². The number of hydrogen-bond acceptors (Lipinski definition) is 4. The number of carbonyl (C=O) groups is 2. The molecule has 0 rings (SSSR count). The van der Waals surface area contributed by atoms with Gasteiger partial charge in [-0.15, -0.1) is 0 Å². The SMILES string of the molecule is COC(=O)[CH]([Pb])NC(=O)OC(C)(C)C. The van der Waals surface area contributed by atoms with Crippen molar-refractivity contribution in [1.29, 1.82) is 0 Å². The van der Waals surface area contributed by atoms with E-state index in [9.17, 15) is 9.59 Å². The first kappa shape index (κ1) is 13.7. The summed E-state index contributed by atoms with van der Waals surface area (Å²) < 4.78 is 8.88. The maximum atomic E-state index is 11.2. The first-order chi connectivity index (χ1) is 6.26. The van der Waals surface area contributed by atoms with Gasteiger partial charge in [-0.1, -0.05) is 0 Å².